The number of aromatic nitrogens is 2. The largest absolute Gasteiger partial charge is 0.365 e. The molecule has 2 aliphatic heterocycles. The molecule has 2 aromatic carbocycles. The molecule has 42 heavy (non-hydrogen) atoms. The van der Waals surface area contributed by atoms with Crippen LogP contribution in [-0.2, 0) is 6.54 Å². The fourth-order valence-electron chi connectivity index (χ4n) is 8.49. The van der Waals surface area contributed by atoms with Gasteiger partial charge in [-0.05, 0) is 72.8 Å². The van der Waals surface area contributed by atoms with Crippen LogP contribution in [0.25, 0.3) is 10.8 Å². The highest BCUT2D eigenvalue weighted by Crippen LogP contribution is 2.63. The first-order valence-corrected chi connectivity index (χ1v) is 16.6. The average molecular weight is 564 g/mol. The number of piperidine rings is 1. The fraction of sp³-hybridized carbons (Fsp3) is 0.571. The Morgan fingerprint density at radius 3 is 2.38 bits per heavy atom. The lowest BCUT2D eigenvalue weighted by Crippen LogP contribution is -2.39. The van der Waals surface area contributed by atoms with Crippen molar-refractivity contribution in [3.63, 3.8) is 0 Å². The molecule has 1 aromatic heterocycles. The molecule has 0 radical (unpaired) electrons. The molecule has 7 nitrogen and oxygen atoms in total. The molecule has 0 spiro atoms. The molecule has 8 rings (SSSR count). The first kappa shape index (κ1) is 26.6. The van der Waals surface area contributed by atoms with Crippen molar-refractivity contribution in [2.45, 2.75) is 94.8 Å². The molecule has 3 heterocycles. The number of fused-ring (bicyclic) bond motifs is 4. The van der Waals surface area contributed by atoms with E-state index >= 15 is 0 Å². The van der Waals surface area contributed by atoms with E-state index in [9.17, 15) is 0 Å². The summed E-state index contributed by atoms with van der Waals surface area (Å²) in [4.78, 5) is 17.9. The molecule has 0 amide bonds. The molecule has 4 fully saturated rings. The van der Waals surface area contributed by atoms with Gasteiger partial charge >= 0.3 is 0 Å². The molecular weight excluding hydrogens is 518 g/mol. The lowest BCUT2D eigenvalue weighted by molar-refractivity contribution is 0.211. The number of benzene rings is 2. The molecule has 3 atom stereocenters. The van der Waals surface area contributed by atoms with Crippen molar-refractivity contribution in [1.29, 1.82) is 0 Å². The van der Waals surface area contributed by atoms with Gasteiger partial charge in [0.2, 0.25) is 5.95 Å². The molecule has 3 aromatic rings. The minimum absolute atomic E-state index is 0.338. The third-order valence-electron chi connectivity index (χ3n) is 10.9. The third kappa shape index (κ3) is 5.30. The second-order valence-corrected chi connectivity index (χ2v) is 13.8. The van der Waals surface area contributed by atoms with Crippen molar-refractivity contribution in [2.75, 3.05) is 23.7 Å². The summed E-state index contributed by atoms with van der Waals surface area (Å²) in [5.41, 5.74) is 9.79. The molecule has 5 aliphatic rings. The molecule has 3 saturated carbocycles. The molecule has 4 N–H and O–H groups in total. The van der Waals surface area contributed by atoms with Gasteiger partial charge < -0.3 is 16.4 Å². The summed E-state index contributed by atoms with van der Waals surface area (Å²) in [5.74, 6) is 4.38. The van der Waals surface area contributed by atoms with Gasteiger partial charge in [0.1, 0.15) is 5.69 Å². The van der Waals surface area contributed by atoms with Gasteiger partial charge in [0.15, 0.2) is 5.82 Å². The van der Waals surface area contributed by atoms with Gasteiger partial charge in [0.25, 0.3) is 0 Å². The van der Waals surface area contributed by atoms with Crippen LogP contribution >= 0.6 is 0 Å². The lowest BCUT2D eigenvalue weighted by Gasteiger charge is -2.33. The second kappa shape index (κ2) is 11.2. The molecule has 2 unspecified atom stereocenters. The third-order valence-corrected chi connectivity index (χ3v) is 10.9. The van der Waals surface area contributed by atoms with Crippen LogP contribution in [0.2, 0.25) is 0 Å². The molecule has 3 aliphatic carbocycles. The van der Waals surface area contributed by atoms with Crippen LogP contribution in [0.3, 0.4) is 0 Å². The summed E-state index contributed by atoms with van der Waals surface area (Å²) >= 11 is 0. The van der Waals surface area contributed by atoms with Crippen LogP contribution in [0.1, 0.15) is 81.4 Å². The van der Waals surface area contributed by atoms with E-state index in [1.807, 2.05) is 0 Å². The van der Waals surface area contributed by atoms with Crippen molar-refractivity contribution in [3.8, 4) is 0 Å². The Bertz CT molecular complexity index is 1450. The van der Waals surface area contributed by atoms with Gasteiger partial charge in [-0.1, -0.05) is 62.1 Å². The van der Waals surface area contributed by atoms with E-state index in [4.69, 9.17) is 20.7 Å². The number of rotatable bonds is 7. The average Bonchev–Trinajstić information content (AvgIpc) is 3.51. The summed E-state index contributed by atoms with van der Waals surface area (Å²) in [6, 6.07) is 16.7. The lowest BCUT2D eigenvalue weighted by atomic mass is 9.92. The standard InChI is InChI=1S/C35H45N7/c36-26-11-13-27(14-12-26)39-35-40-32-31-29(30(31)24-6-2-3-7-24)20-37-33(32)34(41-35)38-28-15-17-42(18-16-28)21-22-9-10-23-5-1-4-8-25(23)19-22/h1,4-5,8-10,19-20,24,26-31H,2-3,6-7,11-18,21,36H2,(H2,38,39,40,41)/t26?,27?,29?,30-,31?/m1/s1. The van der Waals surface area contributed by atoms with E-state index in [0.29, 0.717) is 30.0 Å². The highest BCUT2D eigenvalue weighted by atomic mass is 15.2. The van der Waals surface area contributed by atoms with Crippen LogP contribution in [0, 0.1) is 17.8 Å². The second-order valence-electron chi connectivity index (χ2n) is 13.8. The highest BCUT2D eigenvalue weighted by Gasteiger charge is 2.57. The normalized spacial score (nSPS) is 29.8. The summed E-state index contributed by atoms with van der Waals surface area (Å²) in [6.07, 6.45) is 14.3. The number of likely N-dealkylation sites (tertiary alicyclic amines) is 1. The smallest absolute Gasteiger partial charge is 0.225 e. The van der Waals surface area contributed by atoms with Gasteiger partial charge in [0.05, 0.1) is 5.69 Å². The van der Waals surface area contributed by atoms with E-state index in [2.05, 4.69) is 64.2 Å². The van der Waals surface area contributed by atoms with Gasteiger partial charge in [0, 0.05) is 55.8 Å². The Morgan fingerprint density at radius 2 is 1.57 bits per heavy atom. The minimum atomic E-state index is 0.338. The van der Waals surface area contributed by atoms with Crippen LogP contribution in [0.5, 0.6) is 0 Å². The summed E-state index contributed by atoms with van der Waals surface area (Å²) in [5, 5.41) is 10.2. The number of nitrogens with one attached hydrogen (secondary N) is 2. The van der Waals surface area contributed by atoms with Crippen LogP contribution in [0.4, 0.5) is 17.5 Å². The predicted octanol–water partition coefficient (Wildman–Crippen LogP) is 6.62. The Balaban J connectivity index is 0.976. The van der Waals surface area contributed by atoms with E-state index in [0.717, 1.165) is 87.4 Å². The first-order valence-electron chi connectivity index (χ1n) is 16.6. The molecule has 0 bridgehead atoms. The minimum Gasteiger partial charge on any atom is -0.365 e. The topological polar surface area (TPSA) is 91.5 Å². The number of hydrogen-bond acceptors (Lipinski definition) is 7. The number of nitrogens with two attached hydrogens (primary N) is 1. The number of nitrogens with zero attached hydrogens (tertiary/aromatic N) is 4. The molecule has 1 saturated heterocycles. The van der Waals surface area contributed by atoms with Crippen LogP contribution in [-0.4, -0.2) is 52.3 Å². The zero-order valence-electron chi connectivity index (χ0n) is 24.7. The predicted molar refractivity (Wildman–Crippen MR) is 172 cm³/mol. The zero-order valence-corrected chi connectivity index (χ0v) is 24.7. The maximum Gasteiger partial charge on any atom is 0.225 e. The number of aliphatic imine (C=N–C) groups is 1. The summed E-state index contributed by atoms with van der Waals surface area (Å²) in [6.45, 7) is 3.18. The Kier molecular flexibility index (Phi) is 7.11. The van der Waals surface area contributed by atoms with E-state index in [1.165, 1.54) is 47.7 Å². The Hall–Kier alpha value is -3.03. The van der Waals surface area contributed by atoms with Gasteiger partial charge in [-0.3, -0.25) is 9.89 Å². The van der Waals surface area contributed by atoms with Crippen molar-refractivity contribution in [1.82, 2.24) is 14.9 Å². The first-order chi connectivity index (χ1) is 20.7. The van der Waals surface area contributed by atoms with Crippen molar-refractivity contribution in [2.24, 2.45) is 28.5 Å². The van der Waals surface area contributed by atoms with Crippen LogP contribution in [0.15, 0.2) is 47.5 Å². The zero-order chi connectivity index (χ0) is 28.0. The quantitative estimate of drug-likeness (QED) is 0.299. The molecular formula is C35H45N7. The van der Waals surface area contributed by atoms with E-state index in [-0.39, 0.29) is 0 Å². The van der Waals surface area contributed by atoms with Crippen LogP contribution < -0.4 is 16.4 Å². The summed E-state index contributed by atoms with van der Waals surface area (Å²) in [7, 11) is 0. The maximum absolute atomic E-state index is 6.19. The van der Waals surface area contributed by atoms with Gasteiger partial charge in [-0.25, -0.2) is 4.98 Å². The highest BCUT2D eigenvalue weighted by molar-refractivity contribution is 5.83. The number of hydrogen-bond donors (Lipinski definition) is 3. The monoisotopic (exact) mass is 563 g/mol. The maximum atomic E-state index is 6.19. The SMILES string of the molecule is NC1CCC(Nc2nc(NC3CCN(Cc4ccc5ccccc5c4)CC3)c3c(n2)C2C(C=N3)[C@H]2C2CCCC2)CC1. The Morgan fingerprint density at radius 1 is 0.810 bits per heavy atom. The van der Waals surface area contributed by atoms with Crippen molar-refractivity contribution >= 4 is 34.4 Å². The van der Waals surface area contributed by atoms with Gasteiger partial charge in [-0.15, -0.1) is 0 Å². The molecule has 7 heteroatoms. The summed E-state index contributed by atoms with van der Waals surface area (Å²) < 4.78 is 0. The fourth-order valence-corrected chi connectivity index (χ4v) is 8.49. The van der Waals surface area contributed by atoms with Crippen molar-refractivity contribution in [3.05, 3.63) is 53.7 Å². The van der Waals surface area contributed by atoms with Gasteiger partial charge in [-0.2, -0.15) is 4.98 Å². The van der Waals surface area contributed by atoms with Crippen molar-refractivity contribution < 1.29 is 0 Å². The van der Waals surface area contributed by atoms with E-state index in [1.54, 1.807) is 0 Å². The van der Waals surface area contributed by atoms with E-state index < -0.39 is 0 Å². The Labute approximate surface area is 249 Å². The molecule has 220 valence electrons. The number of anilines is 2.